The fourth-order valence-electron chi connectivity index (χ4n) is 3.34. The van der Waals surface area contributed by atoms with Crippen molar-refractivity contribution in [2.24, 2.45) is 11.8 Å². The van der Waals surface area contributed by atoms with Crippen molar-refractivity contribution in [3.63, 3.8) is 0 Å². The quantitative estimate of drug-likeness (QED) is 0.818. The van der Waals surface area contributed by atoms with Crippen LogP contribution >= 0.6 is 0 Å². The molecule has 0 radical (unpaired) electrons. The van der Waals surface area contributed by atoms with Gasteiger partial charge in [0.2, 0.25) is 0 Å². The molecule has 0 aromatic rings. The summed E-state index contributed by atoms with van der Waals surface area (Å²) in [7, 11) is -0.976. The number of hydrogen-bond acceptors (Lipinski definition) is 3. The van der Waals surface area contributed by atoms with Crippen molar-refractivity contribution in [3.8, 4) is 0 Å². The highest BCUT2D eigenvalue weighted by Gasteiger charge is 2.33. The molecule has 1 rings (SSSR count). The van der Waals surface area contributed by atoms with E-state index in [2.05, 4.69) is 12.2 Å². The topological polar surface area (TPSA) is 46.2 Å². The molecule has 1 fully saturated rings. The summed E-state index contributed by atoms with van der Waals surface area (Å²) in [6, 6.07) is 0.498. The predicted octanol–water partition coefficient (Wildman–Crippen LogP) is 3.39. The van der Waals surface area contributed by atoms with E-state index in [4.69, 9.17) is 0 Å². The van der Waals surface area contributed by atoms with Crippen molar-refractivity contribution in [1.82, 2.24) is 5.32 Å². The van der Waals surface area contributed by atoms with E-state index in [0.29, 0.717) is 17.7 Å². The second-order valence-electron chi connectivity index (χ2n) is 7.34. The van der Waals surface area contributed by atoms with E-state index in [9.17, 15) is 8.42 Å². The lowest BCUT2D eigenvalue weighted by Crippen LogP contribution is -2.40. The first-order chi connectivity index (χ1) is 9.21. The van der Waals surface area contributed by atoms with Crippen molar-refractivity contribution in [3.05, 3.63) is 0 Å². The standard InChI is InChI=1S/C16H33NO2S/c1-6-7-13-8-9-15(17-5)14(12-13)10-11-20(18,19)16(2,3)4/h13-15,17H,6-12H2,1-5H3. The molecule has 0 bridgehead atoms. The summed E-state index contributed by atoms with van der Waals surface area (Å²) in [5.41, 5.74) is 0. The second-order valence-corrected chi connectivity index (χ2v) is 10.2. The Labute approximate surface area is 125 Å². The molecule has 0 aromatic heterocycles. The third kappa shape index (κ3) is 4.73. The fraction of sp³-hybridized carbons (Fsp3) is 1.00. The van der Waals surface area contributed by atoms with Crippen LogP contribution in [0.15, 0.2) is 0 Å². The highest BCUT2D eigenvalue weighted by molar-refractivity contribution is 7.92. The molecule has 3 atom stereocenters. The van der Waals surface area contributed by atoms with Crippen LogP contribution in [0, 0.1) is 11.8 Å². The SMILES string of the molecule is CCCC1CCC(NC)C(CCS(=O)(=O)C(C)(C)C)C1. The summed E-state index contributed by atoms with van der Waals surface area (Å²) < 4.78 is 23.9. The van der Waals surface area contributed by atoms with Crippen molar-refractivity contribution < 1.29 is 8.42 Å². The van der Waals surface area contributed by atoms with Crippen LogP contribution in [0.4, 0.5) is 0 Å². The fourth-order valence-corrected chi connectivity index (χ4v) is 4.57. The van der Waals surface area contributed by atoms with Gasteiger partial charge in [-0.2, -0.15) is 0 Å². The Kier molecular flexibility index (Phi) is 6.52. The molecule has 3 unspecified atom stereocenters. The van der Waals surface area contributed by atoms with Gasteiger partial charge in [0.1, 0.15) is 0 Å². The number of hydrogen-bond donors (Lipinski definition) is 1. The maximum atomic E-state index is 12.3. The van der Waals surface area contributed by atoms with Gasteiger partial charge in [-0.25, -0.2) is 8.42 Å². The molecule has 0 heterocycles. The van der Waals surface area contributed by atoms with Crippen LogP contribution in [0.3, 0.4) is 0 Å². The lowest BCUT2D eigenvalue weighted by Gasteiger charge is -2.36. The largest absolute Gasteiger partial charge is 0.317 e. The van der Waals surface area contributed by atoms with E-state index in [1.54, 1.807) is 20.8 Å². The molecule has 0 aliphatic heterocycles. The van der Waals surface area contributed by atoms with Gasteiger partial charge in [-0.1, -0.05) is 19.8 Å². The van der Waals surface area contributed by atoms with Gasteiger partial charge in [-0.3, -0.25) is 0 Å². The van der Waals surface area contributed by atoms with Crippen LogP contribution in [0.25, 0.3) is 0 Å². The third-order valence-corrected chi connectivity index (χ3v) is 7.49. The highest BCUT2D eigenvalue weighted by Crippen LogP contribution is 2.34. The Morgan fingerprint density at radius 2 is 1.80 bits per heavy atom. The molecule has 0 spiro atoms. The van der Waals surface area contributed by atoms with Crippen LogP contribution in [0.2, 0.25) is 0 Å². The van der Waals surface area contributed by atoms with E-state index in [0.717, 1.165) is 12.3 Å². The van der Waals surface area contributed by atoms with Gasteiger partial charge < -0.3 is 5.32 Å². The monoisotopic (exact) mass is 303 g/mol. The Morgan fingerprint density at radius 3 is 2.30 bits per heavy atom. The minimum Gasteiger partial charge on any atom is -0.317 e. The van der Waals surface area contributed by atoms with Gasteiger partial charge in [0.05, 0.1) is 10.5 Å². The lowest BCUT2D eigenvalue weighted by atomic mass is 9.75. The Bertz CT molecular complexity index is 384. The van der Waals surface area contributed by atoms with Gasteiger partial charge in [-0.15, -0.1) is 0 Å². The molecule has 0 aromatic carbocycles. The zero-order valence-electron chi connectivity index (χ0n) is 13.9. The molecule has 20 heavy (non-hydrogen) atoms. The van der Waals surface area contributed by atoms with Gasteiger partial charge in [-0.05, 0) is 65.3 Å². The van der Waals surface area contributed by atoms with Crippen LogP contribution in [-0.4, -0.2) is 32.0 Å². The summed E-state index contributed by atoms with van der Waals surface area (Å²) in [6.45, 7) is 7.65. The van der Waals surface area contributed by atoms with Crippen molar-refractivity contribution in [2.75, 3.05) is 12.8 Å². The lowest BCUT2D eigenvalue weighted by molar-refractivity contribution is 0.197. The molecule has 120 valence electrons. The third-order valence-electron chi connectivity index (χ3n) is 4.85. The van der Waals surface area contributed by atoms with E-state index in [-0.39, 0.29) is 0 Å². The number of nitrogens with one attached hydrogen (secondary N) is 1. The first-order valence-corrected chi connectivity index (χ1v) is 9.76. The molecule has 0 saturated heterocycles. The summed E-state index contributed by atoms with van der Waals surface area (Å²) in [5.74, 6) is 1.65. The summed E-state index contributed by atoms with van der Waals surface area (Å²) in [6.07, 6.45) is 7.02. The minimum atomic E-state index is -2.99. The number of sulfone groups is 1. The summed E-state index contributed by atoms with van der Waals surface area (Å²) in [5, 5.41) is 3.40. The van der Waals surface area contributed by atoms with Gasteiger partial charge >= 0.3 is 0 Å². The average molecular weight is 304 g/mol. The van der Waals surface area contributed by atoms with Crippen molar-refractivity contribution >= 4 is 9.84 Å². The Hall–Kier alpha value is -0.0900. The minimum absolute atomic E-state index is 0.332. The molecule has 4 heteroatoms. The summed E-state index contributed by atoms with van der Waals surface area (Å²) >= 11 is 0. The number of rotatable bonds is 6. The van der Waals surface area contributed by atoms with E-state index in [1.165, 1.54) is 32.1 Å². The van der Waals surface area contributed by atoms with E-state index >= 15 is 0 Å². The Balaban J connectivity index is 2.63. The molecular weight excluding hydrogens is 270 g/mol. The molecule has 1 N–H and O–H groups in total. The van der Waals surface area contributed by atoms with E-state index < -0.39 is 14.6 Å². The van der Waals surface area contributed by atoms with Crippen LogP contribution in [-0.2, 0) is 9.84 Å². The van der Waals surface area contributed by atoms with Crippen LogP contribution < -0.4 is 5.32 Å². The van der Waals surface area contributed by atoms with Gasteiger partial charge in [0.15, 0.2) is 9.84 Å². The van der Waals surface area contributed by atoms with Gasteiger partial charge in [0, 0.05) is 6.04 Å². The van der Waals surface area contributed by atoms with Crippen LogP contribution in [0.1, 0.15) is 66.2 Å². The molecule has 1 aliphatic rings. The maximum Gasteiger partial charge on any atom is 0.155 e. The van der Waals surface area contributed by atoms with E-state index in [1.807, 2.05) is 7.05 Å². The molecule has 1 saturated carbocycles. The van der Waals surface area contributed by atoms with Gasteiger partial charge in [0.25, 0.3) is 0 Å². The highest BCUT2D eigenvalue weighted by atomic mass is 32.2. The summed E-state index contributed by atoms with van der Waals surface area (Å²) in [4.78, 5) is 0. The average Bonchev–Trinajstić information content (AvgIpc) is 2.35. The molecule has 3 nitrogen and oxygen atoms in total. The molecular formula is C16H33NO2S. The molecule has 0 amide bonds. The smallest absolute Gasteiger partial charge is 0.155 e. The predicted molar refractivity (Wildman–Crippen MR) is 86.7 cm³/mol. The normalized spacial score (nSPS) is 28.6. The zero-order chi connectivity index (χ0) is 15.4. The maximum absolute atomic E-state index is 12.3. The first-order valence-electron chi connectivity index (χ1n) is 8.10. The van der Waals surface area contributed by atoms with Crippen molar-refractivity contribution in [2.45, 2.75) is 77.0 Å². The first kappa shape index (κ1) is 18.0. The Morgan fingerprint density at radius 1 is 1.15 bits per heavy atom. The zero-order valence-corrected chi connectivity index (χ0v) is 14.7. The van der Waals surface area contributed by atoms with Crippen molar-refractivity contribution in [1.29, 1.82) is 0 Å². The van der Waals surface area contributed by atoms with Crippen LogP contribution in [0.5, 0.6) is 0 Å². The second kappa shape index (κ2) is 7.26. The molecule has 1 aliphatic carbocycles.